The predicted octanol–water partition coefficient (Wildman–Crippen LogP) is 2.64. The van der Waals surface area contributed by atoms with Gasteiger partial charge >= 0.3 is 0 Å². The predicted molar refractivity (Wildman–Crippen MR) is 61.5 cm³/mol. The first kappa shape index (κ1) is 10.5. The first-order valence-corrected chi connectivity index (χ1v) is 5.11. The molecular weight excluding hydrogens is 202 g/mol. The summed E-state index contributed by atoms with van der Waals surface area (Å²) in [6, 6.07) is 10.3. The highest BCUT2D eigenvalue weighted by molar-refractivity contribution is 5.43. The van der Waals surface area contributed by atoms with E-state index in [-0.39, 0.29) is 17.4 Å². The number of benzene rings is 1. The summed E-state index contributed by atoms with van der Waals surface area (Å²) in [5.41, 5.74) is 1.65. The van der Waals surface area contributed by atoms with Gasteiger partial charge < -0.3 is 10.2 Å². The Balaban J connectivity index is 2.38. The Morgan fingerprint density at radius 2 is 1.94 bits per heavy atom. The summed E-state index contributed by atoms with van der Waals surface area (Å²) in [6.07, 6.45) is 1.73. The minimum absolute atomic E-state index is 0.00167. The van der Waals surface area contributed by atoms with Crippen molar-refractivity contribution in [2.45, 2.75) is 12.8 Å². The van der Waals surface area contributed by atoms with E-state index in [4.69, 9.17) is 0 Å². The number of aromatic nitrogens is 1. The Morgan fingerprint density at radius 1 is 1.12 bits per heavy atom. The Morgan fingerprint density at radius 3 is 2.56 bits per heavy atom. The second-order valence-corrected chi connectivity index (χ2v) is 3.72. The molecule has 1 aromatic heterocycles. The number of aromatic hydroxyl groups is 2. The lowest BCUT2D eigenvalue weighted by Gasteiger charge is -2.12. The van der Waals surface area contributed by atoms with E-state index in [0.29, 0.717) is 0 Å². The van der Waals surface area contributed by atoms with Crippen LogP contribution in [0.5, 0.6) is 11.5 Å². The van der Waals surface area contributed by atoms with Crippen LogP contribution < -0.4 is 0 Å². The number of phenols is 2. The fraction of sp³-hybridized carbons (Fsp3) is 0.154. The molecule has 2 aromatic rings. The molecule has 0 spiro atoms. The third-order valence-electron chi connectivity index (χ3n) is 2.61. The van der Waals surface area contributed by atoms with Gasteiger partial charge in [-0.25, -0.2) is 0 Å². The Labute approximate surface area is 94.0 Å². The van der Waals surface area contributed by atoms with Gasteiger partial charge in [-0.1, -0.05) is 19.1 Å². The van der Waals surface area contributed by atoms with Crippen LogP contribution in [0.2, 0.25) is 0 Å². The number of hydrogen-bond donors (Lipinski definition) is 2. The van der Waals surface area contributed by atoms with Crippen LogP contribution in [-0.2, 0) is 0 Å². The lowest BCUT2D eigenvalue weighted by atomic mass is 9.96. The van der Waals surface area contributed by atoms with Gasteiger partial charge in [-0.15, -0.1) is 0 Å². The molecule has 0 saturated heterocycles. The van der Waals surface area contributed by atoms with Crippen LogP contribution in [0.3, 0.4) is 0 Å². The molecule has 0 amide bonds. The van der Waals surface area contributed by atoms with Gasteiger partial charge in [0, 0.05) is 29.4 Å². The monoisotopic (exact) mass is 215 g/mol. The summed E-state index contributed by atoms with van der Waals surface area (Å²) in [5.74, 6) is 0.162. The van der Waals surface area contributed by atoms with Crippen molar-refractivity contribution in [1.82, 2.24) is 4.98 Å². The molecule has 2 N–H and O–H groups in total. The first-order valence-electron chi connectivity index (χ1n) is 5.11. The maximum absolute atomic E-state index is 9.74. The van der Waals surface area contributed by atoms with Gasteiger partial charge in [0.15, 0.2) is 0 Å². The molecule has 82 valence electrons. The van der Waals surface area contributed by atoms with Gasteiger partial charge in [0.1, 0.15) is 11.5 Å². The molecule has 1 atom stereocenters. The van der Waals surface area contributed by atoms with Crippen molar-refractivity contribution in [1.29, 1.82) is 0 Å². The molecule has 3 nitrogen and oxygen atoms in total. The Kier molecular flexibility index (Phi) is 2.77. The van der Waals surface area contributed by atoms with Crippen LogP contribution in [0, 0.1) is 0 Å². The van der Waals surface area contributed by atoms with Gasteiger partial charge in [0.2, 0.25) is 0 Å². The standard InChI is InChI=1S/C13H13NO2/c1-9(12-4-2-3-7-14-12)11-6-5-10(15)8-13(11)16/h2-9,15-16H,1H3. The van der Waals surface area contributed by atoms with Gasteiger partial charge in [-0.2, -0.15) is 0 Å². The first-order chi connectivity index (χ1) is 7.68. The zero-order chi connectivity index (χ0) is 11.5. The zero-order valence-corrected chi connectivity index (χ0v) is 8.96. The van der Waals surface area contributed by atoms with Crippen molar-refractivity contribution in [3.8, 4) is 11.5 Å². The lowest BCUT2D eigenvalue weighted by Crippen LogP contribution is -1.98. The summed E-state index contributed by atoms with van der Waals surface area (Å²) in [6.45, 7) is 1.97. The van der Waals surface area contributed by atoms with Crippen molar-refractivity contribution in [2.24, 2.45) is 0 Å². The number of pyridine rings is 1. The van der Waals surface area contributed by atoms with E-state index in [1.54, 1.807) is 18.3 Å². The highest BCUT2D eigenvalue weighted by Crippen LogP contribution is 2.32. The number of rotatable bonds is 2. The number of phenolic OH excluding ortho intramolecular Hbond substituents is 2. The Hall–Kier alpha value is -2.03. The molecule has 0 bridgehead atoms. The third-order valence-corrected chi connectivity index (χ3v) is 2.61. The molecular formula is C13H13NO2. The molecule has 0 aliphatic carbocycles. The normalized spacial score (nSPS) is 12.3. The minimum atomic E-state index is 0.00167. The van der Waals surface area contributed by atoms with Crippen LogP contribution >= 0.6 is 0 Å². The molecule has 0 radical (unpaired) electrons. The topological polar surface area (TPSA) is 53.4 Å². The molecule has 0 aliphatic rings. The summed E-state index contributed by atoms with van der Waals surface area (Å²) >= 11 is 0. The van der Waals surface area contributed by atoms with Crippen molar-refractivity contribution in [2.75, 3.05) is 0 Å². The maximum Gasteiger partial charge on any atom is 0.123 e. The smallest absolute Gasteiger partial charge is 0.123 e. The van der Waals surface area contributed by atoms with E-state index < -0.39 is 0 Å². The van der Waals surface area contributed by atoms with E-state index in [1.807, 2.05) is 25.1 Å². The van der Waals surface area contributed by atoms with Crippen molar-refractivity contribution in [3.63, 3.8) is 0 Å². The van der Waals surface area contributed by atoms with Crippen LogP contribution in [0.25, 0.3) is 0 Å². The summed E-state index contributed by atoms with van der Waals surface area (Å²) in [5, 5.41) is 18.9. The van der Waals surface area contributed by atoms with Crippen LogP contribution in [-0.4, -0.2) is 15.2 Å². The van der Waals surface area contributed by atoms with E-state index in [9.17, 15) is 10.2 Å². The average Bonchev–Trinajstić information content (AvgIpc) is 2.29. The van der Waals surface area contributed by atoms with Gasteiger partial charge in [-0.3, -0.25) is 4.98 Å². The van der Waals surface area contributed by atoms with Gasteiger partial charge in [-0.05, 0) is 18.2 Å². The lowest BCUT2D eigenvalue weighted by molar-refractivity contribution is 0.444. The SMILES string of the molecule is CC(c1ccccn1)c1ccc(O)cc1O. The number of nitrogens with zero attached hydrogens (tertiary/aromatic N) is 1. The maximum atomic E-state index is 9.74. The summed E-state index contributed by atoms with van der Waals surface area (Å²) in [7, 11) is 0. The molecule has 1 aromatic carbocycles. The van der Waals surface area contributed by atoms with E-state index in [2.05, 4.69) is 4.98 Å². The molecule has 3 heteroatoms. The quantitative estimate of drug-likeness (QED) is 0.809. The average molecular weight is 215 g/mol. The zero-order valence-electron chi connectivity index (χ0n) is 8.96. The minimum Gasteiger partial charge on any atom is -0.508 e. The molecule has 16 heavy (non-hydrogen) atoms. The highest BCUT2D eigenvalue weighted by Gasteiger charge is 2.13. The largest absolute Gasteiger partial charge is 0.508 e. The van der Waals surface area contributed by atoms with Gasteiger partial charge in [0.05, 0.1) is 0 Å². The Bertz CT molecular complexity index is 483. The molecule has 1 unspecified atom stereocenters. The van der Waals surface area contributed by atoms with E-state index >= 15 is 0 Å². The molecule has 0 fully saturated rings. The van der Waals surface area contributed by atoms with Crippen molar-refractivity contribution in [3.05, 3.63) is 53.9 Å². The summed E-state index contributed by atoms with van der Waals surface area (Å²) < 4.78 is 0. The van der Waals surface area contributed by atoms with Crippen molar-refractivity contribution >= 4 is 0 Å². The third kappa shape index (κ3) is 1.98. The summed E-state index contributed by atoms with van der Waals surface area (Å²) in [4.78, 5) is 4.24. The van der Waals surface area contributed by atoms with Gasteiger partial charge in [0.25, 0.3) is 0 Å². The number of hydrogen-bond acceptors (Lipinski definition) is 3. The van der Waals surface area contributed by atoms with Crippen molar-refractivity contribution < 1.29 is 10.2 Å². The fourth-order valence-corrected chi connectivity index (χ4v) is 1.69. The second-order valence-electron chi connectivity index (χ2n) is 3.72. The van der Waals surface area contributed by atoms with Crippen LogP contribution in [0.15, 0.2) is 42.6 Å². The van der Waals surface area contributed by atoms with Crippen LogP contribution in [0.1, 0.15) is 24.1 Å². The van der Waals surface area contributed by atoms with E-state index in [0.717, 1.165) is 11.3 Å². The molecule has 2 rings (SSSR count). The molecule has 0 aliphatic heterocycles. The van der Waals surface area contributed by atoms with Crippen LogP contribution in [0.4, 0.5) is 0 Å². The highest BCUT2D eigenvalue weighted by atomic mass is 16.3. The fourth-order valence-electron chi connectivity index (χ4n) is 1.69. The van der Waals surface area contributed by atoms with E-state index in [1.165, 1.54) is 6.07 Å². The molecule has 0 saturated carbocycles. The second kappa shape index (κ2) is 4.23. The molecule has 1 heterocycles.